The smallest absolute Gasteiger partial charge is 0.247 e. The molecule has 0 saturated carbocycles. The van der Waals surface area contributed by atoms with Crippen molar-refractivity contribution in [1.82, 2.24) is 25.0 Å². The van der Waals surface area contributed by atoms with E-state index < -0.39 is 0 Å². The zero-order chi connectivity index (χ0) is 21.6. The molecule has 4 rings (SSSR count). The Balaban J connectivity index is 1.42. The van der Waals surface area contributed by atoms with Gasteiger partial charge in [-0.15, -0.1) is 27.0 Å². The molecular formula is C22H20BrN5O2S. The highest BCUT2D eigenvalue weighted by atomic mass is 79.9. The highest BCUT2D eigenvalue weighted by Gasteiger charge is 2.15. The van der Waals surface area contributed by atoms with Gasteiger partial charge in [0.25, 0.3) is 0 Å². The number of aryl methyl sites for hydroxylation is 1. The fourth-order valence-electron chi connectivity index (χ4n) is 2.85. The van der Waals surface area contributed by atoms with E-state index in [0.29, 0.717) is 30.7 Å². The summed E-state index contributed by atoms with van der Waals surface area (Å²) in [6.07, 6.45) is 1.81. The van der Waals surface area contributed by atoms with E-state index in [1.807, 2.05) is 66.1 Å². The second-order valence-corrected chi connectivity index (χ2v) is 8.56. The lowest BCUT2D eigenvalue weighted by molar-refractivity contribution is 0.289. The quantitative estimate of drug-likeness (QED) is 0.224. The van der Waals surface area contributed by atoms with Crippen LogP contribution in [0.15, 0.2) is 75.2 Å². The van der Waals surface area contributed by atoms with E-state index >= 15 is 0 Å². The molecule has 0 aliphatic carbocycles. The molecule has 0 aliphatic rings. The van der Waals surface area contributed by atoms with Crippen LogP contribution in [0.5, 0.6) is 5.75 Å². The molecule has 0 fully saturated rings. The number of hydrogen-bond acceptors (Lipinski definition) is 7. The van der Waals surface area contributed by atoms with Crippen molar-refractivity contribution in [3.05, 3.63) is 82.9 Å². The number of thioether (sulfide) groups is 1. The lowest BCUT2D eigenvalue weighted by Gasteiger charge is -2.09. The molecule has 31 heavy (non-hydrogen) atoms. The first kappa shape index (κ1) is 21.3. The normalized spacial score (nSPS) is 10.9. The van der Waals surface area contributed by atoms with Gasteiger partial charge < -0.3 is 9.15 Å². The lowest BCUT2D eigenvalue weighted by Crippen LogP contribution is -2.07. The van der Waals surface area contributed by atoms with Crippen molar-refractivity contribution in [3.8, 4) is 17.2 Å². The number of nitrogens with zero attached hydrogens (tertiary/aromatic N) is 5. The maximum Gasteiger partial charge on any atom is 0.247 e. The van der Waals surface area contributed by atoms with Crippen LogP contribution in [-0.2, 0) is 18.9 Å². The number of hydrogen-bond donors (Lipinski definition) is 0. The zero-order valence-corrected chi connectivity index (χ0v) is 19.3. The second kappa shape index (κ2) is 9.93. The minimum absolute atomic E-state index is 0.319. The van der Waals surface area contributed by atoms with Gasteiger partial charge in [-0.1, -0.05) is 45.9 Å². The SMILES string of the molecule is C=CCn1c(COc2cccc(C)c2)nnc1SCc1nnc(-c2ccc(Br)cc2)o1. The van der Waals surface area contributed by atoms with Gasteiger partial charge in [0, 0.05) is 16.6 Å². The summed E-state index contributed by atoms with van der Waals surface area (Å²) in [5, 5.41) is 17.6. The topological polar surface area (TPSA) is 78.9 Å². The van der Waals surface area contributed by atoms with Gasteiger partial charge >= 0.3 is 0 Å². The minimum atomic E-state index is 0.319. The van der Waals surface area contributed by atoms with Crippen LogP contribution < -0.4 is 4.74 Å². The Kier molecular flexibility index (Phi) is 6.83. The molecule has 0 saturated heterocycles. The molecule has 0 spiro atoms. The van der Waals surface area contributed by atoms with E-state index in [0.717, 1.165) is 32.3 Å². The summed E-state index contributed by atoms with van der Waals surface area (Å²) < 4.78 is 14.6. The molecule has 2 aromatic heterocycles. The number of allylic oxidation sites excluding steroid dienone is 1. The molecule has 0 aliphatic heterocycles. The van der Waals surface area contributed by atoms with Gasteiger partial charge in [0.15, 0.2) is 11.0 Å². The monoisotopic (exact) mass is 497 g/mol. The van der Waals surface area contributed by atoms with Gasteiger partial charge in [0.1, 0.15) is 12.4 Å². The molecule has 4 aromatic rings. The van der Waals surface area contributed by atoms with E-state index in [9.17, 15) is 0 Å². The standard InChI is InChI=1S/C22H20BrN5O2S/c1-3-11-28-19(13-29-18-6-4-5-15(2)12-18)24-27-22(28)31-14-20-25-26-21(30-20)16-7-9-17(23)10-8-16/h3-10,12H,1,11,13-14H2,2H3. The van der Waals surface area contributed by atoms with Crippen molar-refractivity contribution < 1.29 is 9.15 Å². The van der Waals surface area contributed by atoms with Crippen LogP contribution in [0.3, 0.4) is 0 Å². The average Bonchev–Trinajstić information content (AvgIpc) is 3.39. The molecule has 0 N–H and O–H groups in total. The Labute approximate surface area is 192 Å². The molecule has 0 atom stereocenters. The maximum absolute atomic E-state index is 5.89. The fourth-order valence-corrected chi connectivity index (χ4v) is 3.91. The predicted octanol–water partition coefficient (Wildman–Crippen LogP) is 5.46. The fraction of sp³-hybridized carbons (Fsp3) is 0.182. The molecule has 2 heterocycles. The summed E-state index contributed by atoms with van der Waals surface area (Å²) in [7, 11) is 0. The summed E-state index contributed by atoms with van der Waals surface area (Å²) in [5.41, 5.74) is 2.01. The summed E-state index contributed by atoms with van der Waals surface area (Å²) >= 11 is 4.90. The van der Waals surface area contributed by atoms with Crippen LogP contribution in [0.4, 0.5) is 0 Å². The van der Waals surface area contributed by atoms with Crippen LogP contribution in [0, 0.1) is 6.92 Å². The number of ether oxygens (including phenoxy) is 1. The Morgan fingerprint density at radius 1 is 1.13 bits per heavy atom. The van der Waals surface area contributed by atoms with E-state index in [1.165, 1.54) is 11.8 Å². The third-order valence-corrected chi connectivity index (χ3v) is 5.83. The van der Waals surface area contributed by atoms with Crippen molar-refractivity contribution in [1.29, 1.82) is 0 Å². The first-order valence-electron chi connectivity index (χ1n) is 9.56. The third kappa shape index (κ3) is 5.42. The molecule has 2 aromatic carbocycles. The van der Waals surface area contributed by atoms with Crippen molar-refractivity contribution in [3.63, 3.8) is 0 Å². The number of halogens is 1. The van der Waals surface area contributed by atoms with Crippen LogP contribution in [-0.4, -0.2) is 25.0 Å². The van der Waals surface area contributed by atoms with Crippen LogP contribution in [0.1, 0.15) is 17.3 Å². The van der Waals surface area contributed by atoms with Gasteiger partial charge in [-0.05, 0) is 48.9 Å². The van der Waals surface area contributed by atoms with E-state index in [2.05, 4.69) is 42.9 Å². The zero-order valence-electron chi connectivity index (χ0n) is 16.9. The van der Waals surface area contributed by atoms with Crippen molar-refractivity contribution >= 4 is 27.7 Å². The highest BCUT2D eigenvalue weighted by Crippen LogP contribution is 2.25. The summed E-state index contributed by atoms with van der Waals surface area (Å²) in [5.74, 6) is 3.02. The van der Waals surface area contributed by atoms with Crippen LogP contribution in [0.2, 0.25) is 0 Å². The lowest BCUT2D eigenvalue weighted by atomic mass is 10.2. The van der Waals surface area contributed by atoms with Crippen LogP contribution >= 0.6 is 27.7 Å². The maximum atomic E-state index is 5.89. The van der Waals surface area contributed by atoms with Gasteiger partial charge in [0.2, 0.25) is 11.8 Å². The molecule has 0 bridgehead atoms. The van der Waals surface area contributed by atoms with Gasteiger partial charge in [-0.25, -0.2) is 0 Å². The van der Waals surface area contributed by atoms with Crippen molar-refractivity contribution in [2.24, 2.45) is 0 Å². The number of aromatic nitrogens is 5. The molecular weight excluding hydrogens is 478 g/mol. The van der Waals surface area contributed by atoms with Crippen molar-refractivity contribution in [2.75, 3.05) is 0 Å². The van der Waals surface area contributed by atoms with Crippen LogP contribution in [0.25, 0.3) is 11.5 Å². The molecule has 0 amide bonds. The summed E-state index contributed by atoms with van der Waals surface area (Å²) in [6.45, 7) is 6.77. The Morgan fingerprint density at radius 3 is 2.74 bits per heavy atom. The molecule has 158 valence electrons. The number of benzene rings is 2. The highest BCUT2D eigenvalue weighted by molar-refractivity contribution is 9.10. The predicted molar refractivity (Wildman–Crippen MR) is 123 cm³/mol. The first-order valence-corrected chi connectivity index (χ1v) is 11.3. The second-order valence-electron chi connectivity index (χ2n) is 6.70. The van der Waals surface area contributed by atoms with Crippen molar-refractivity contribution in [2.45, 2.75) is 31.0 Å². The minimum Gasteiger partial charge on any atom is -0.486 e. The largest absolute Gasteiger partial charge is 0.486 e. The van der Waals surface area contributed by atoms with Gasteiger partial charge in [-0.3, -0.25) is 4.57 Å². The first-order chi connectivity index (χ1) is 15.1. The molecule has 9 heteroatoms. The molecule has 0 unspecified atom stereocenters. The van der Waals surface area contributed by atoms with E-state index in [1.54, 1.807) is 0 Å². The Morgan fingerprint density at radius 2 is 1.97 bits per heavy atom. The van der Waals surface area contributed by atoms with Gasteiger partial charge in [-0.2, -0.15) is 0 Å². The third-order valence-electron chi connectivity index (χ3n) is 4.35. The molecule has 7 nitrogen and oxygen atoms in total. The molecule has 0 radical (unpaired) electrons. The van der Waals surface area contributed by atoms with E-state index in [-0.39, 0.29) is 0 Å². The Bertz CT molecular complexity index is 1170. The van der Waals surface area contributed by atoms with E-state index in [4.69, 9.17) is 9.15 Å². The average molecular weight is 498 g/mol. The van der Waals surface area contributed by atoms with Gasteiger partial charge in [0.05, 0.1) is 5.75 Å². The summed E-state index contributed by atoms with van der Waals surface area (Å²) in [6, 6.07) is 15.6. The summed E-state index contributed by atoms with van der Waals surface area (Å²) in [4.78, 5) is 0. The number of rotatable bonds is 9. The Hall–Kier alpha value is -2.91.